The topological polar surface area (TPSA) is 29.1 Å². The summed E-state index contributed by atoms with van der Waals surface area (Å²) in [5.41, 5.74) is 0. The summed E-state index contributed by atoms with van der Waals surface area (Å²) in [6, 6.07) is 0. The Labute approximate surface area is 105 Å². The fourth-order valence-electron chi connectivity index (χ4n) is 0.331. The number of carbonyl (C=O) groups is 1. The Kier molecular flexibility index (Phi) is 114. The number of hydrogen-bond acceptors (Lipinski definition) is 2. The highest BCUT2D eigenvalue weighted by Gasteiger charge is 1.93. The van der Waals surface area contributed by atoms with Gasteiger partial charge >= 0.3 is 0 Å². The van der Waals surface area contributed by atoms with E-state index in [-0.39, 0.29) is 0 Å². The van der Waals surface area contributed by atoms with Crippen LogP contribution in [-0.2, 0) is 4.79 Å². The first-order chi connectivity index (χ1) is 7.72. The molecule has 0 saturated carbocycles. The number of carbonyl (C=O) groups excluding carboxylic acids is 1. The predicted molar refractivity (Wildman–Crippen MR) is 79.2 cm³/mol. The van der Waals surface area contributed by atoms with Crippen molar-refractivity contribution in [1.29, 1.82) is 0 Å². The predicted octanol–water partition coefficient (Wildman–Crippen LogP) is 4.54. The minimum absolute atomic E-state index is 0.581. The third-order valence-electron chi connectivity index (χ3n) is 1.20. The molecule has 2 nitrogen and oxygen atoms in total. The highest BCUT2D eigenvalue weighted by Crippen LogP contribution is 2.01. The van der Waals surface area contributed by atoms with Gasteiger partial charge in [0.05, 0.1) is 0 Å². The second kappa shape index (κ2) is 61.8. The Morgan fingerprint density at radius 2 is 1.25 bits per heavy atom. The van der Waals surface area contributed by atoms with E-state index in [0.717, 1.165) is 19.1 Å². The molecule has 0 aromatic carbocycles. The van der Waals surface area contributed by atoms with E-state index in [1.807, 2.05) is 55.6 Å². The van der Waals surface area contributed by atoms with Crippen LogP contribution < -0.4 is 5.32 Å². The fourth-order valence-corrected chi connectivity index (χ4v) is 0.331. The molecule has 0 rings (SSSR count). The molecule has 0 aliphatic heterocycles. The first kappa shape index (κ1) is 29.6. The van der Waals surface area contributed by atoms with Crippen LogP contribution in [0.15, 0.2) is 0 Å². The zero-order valence-electron chi connectivity index (χ0n) is 13.5. The molecular weight excluding hydrogens is 198 g/mol. The van der Waals surface area contributed by atoms with Crippen LogP contribution in [0.25, 0.3) is 0 Å². The molecule has 0 spiro atoms. The summed E-state index contributed by atoms with van der Waals surface area (Å²) in [4.78, 5) is 9.77. The van der Waals surface area contributed by atoms with E-state index >= 15 is 0 Å². The van der Waals surface area contributed by atoms with Crippen LogP contribution in [0.1, 0.15) is 68.2 Å². The van der Waals surface area contributed by atoms with Gasteiger partial charge in [-0.2, -0.15) is 0 Å². The normalized spacial score (nSPS) is 8.12. The van der Waals surface area contributed by atoms with Crippen molar-refractivity contribution in [3.8, 4) is 0 Å². The minimum Gasteiger partial charge on any atom is -0.323 e. The average Bonchev–Trinajstić information content (AvgIpc) is 2.38. The van der Waals surface area contributed by atoms with Gasteiger partial charge in [-0.25, -0.2) is 0 Å². The summed E-state index contributed by atoms with van der Waals surface area (Å²) in [6.07, 6.45) is 2.81. The summed E-state index contributed by atoms with van der Waals surface area (Å²) in [7, 11) is 3.75. The van der Waals surface area contributed by atoms with Crippen molar-refractivity contribution in [2.45, 2.75) is 68.2 Å². The Morgan fingerprint density at radius 1 is 1.00 bits per heavy atom. The van der Waals surface area contributed by atoms with Gasteiger partial charge in [-0.1, -0.05) is 61.8 Å². The lowest BCUT2D eigenvalue weighted by Crippen LogP contribution is -1.90. The van der Waals surface area contributed by atoms with Crippen molar-refractivity contribution in [2.24, 2.45) is 5.92 Å². The Balaban J connectivity index is -0.0000000379. The van der Waals surface area contributed by atoms with Gasteiger partial charge < -0.3 is 10.1 Å². The van der Waals surface area contributed by atoms with E-state index in [1.165, 1.54) is 0 Å². The summed E-state index contributed by atoms with van der Waals surface area (Å²) < 4.78 is 0. The molecule has 0 fully saturated rings. The molecule has 16 heavy (non-hydrogen) atoms. The van der Waals surface area contributed by atoms with E-state index in [4.69, 9.17) is 0 Å². The van der Waals surface area contributed by atoms with Crippen molar-refractivity contribution in [3.63, 3.8) is 0 Å². The zero-order valence-corrected chi connectivity index (χ0v) is 13.5. The third kappa shape index (κ3) is 101. The molecule has 0 bridgehead atoms. The van der Waals surface area contributed by atoms with Crippen LogP contribution in [0.3, 0.4) is 0 Å². The van der Waals surface area contributed by atoms with E-state index in [9.17, 15) is 4.79 Å². The molecular formula is C14H37NO. The average molecular weight is 235 g/mol. The zero-order chi connectivity index (χ0) is 14.4. The number of nitrogens with one attached hydrogen (secondary N) is 1. The second-order valence-corrected chi connectivity index (χ2v) is 2.42. The lowest BCUT2D eigenvalue weighted by molar-refractivity contribution is -0.108. The van der Waals surface area contributed by atoms with Crippen molar-refractivity contribution in [1.82, 2.24) is 5.32 Å². The standard InChI is InChI=1S/C6H12O.C2H7N.3C2H6/c1-3-6(2)4-5-7;1-3-2;3*1-2/h5-6H,3-4H2,1-2H3;3H,1-2H3;3*1-2H3. The van der Waals surface area contributed by atoms with Crippen LogP contribution in [0.2, 0.25) is 0 Å². The van der Waals surface area contributed by atoms with Gasteiger partial charge in [0.15, 0.2) is 0 Å². The van der Waals surface area contributed by atoms with E-state index in [0.29, 0.717) is 5.92 Å². The van der Waals surface area contributed by atoms with E-state index in [2.05, 4.69) is 19.2 Å². The first-order valence-electron chi connectivity index (χ1n) is 6.74. The summed E-state index contributed by atoms with van der Waals surface area (Å²) >= 11 is 0. The summed E-state index contributed by atoms with van der Waals surface area (Å²) in [5, 5.41) is 2.75. The number of hydrogen-bond donors (Lipinski definition) is 1. The quantitative estimate of drug-likeness (QED) is 0.728. The molecule has 0 aliphatic rings. The molecule has 2 heteroatoms. The van der Waals surface area contributed by atoms with Crippen molar-refractivity contribution < 1.29 is 4.79 Å². The lowest BCUT2D eigenvalue weighted by Gasteiger charge is -1.98. The van der Waals surface area contributed by atoms with Gasteiger partial charge in [0.2, 0.25) is 0 Å². The molecule has 0 aromatic rings. The molecule has 1 unspecified atom stereocenters. The molecule has 0 aliphatic carbocycles. The first-order valence-corrected chi connectivity index (χ1v) is 6.74. The maximum absolute atomic E-state index is 9.77. The number of rotatable bonds is 3. The molecule has 104 valence electrons. The lowest BCUT2D eigenvalue weighted by atomic mass is 10.1. The van der Waals surface area contributed by atoms with Crippen LogP contribution in [0, 0.1) is 5.92 Å². The Bertz CT molecular complexity index is 65.8. The van der Waals surface area contributed by atoms with Crippen LogP contribution in [0.4, 0.5) is 0 Å². The minimum atomic E-state index is 0.581. The van der Waals surface area contributed by atoms with E-state index < -0.39 is 0 Å². The van der Waals surface area contributed by atoms with Gasteiger partial charge in [0.25, 0.3) is 0 Å². The van der Waals surface area contributed by atoms with Gasteiger partial charge in [-0.15, -0.1) is 0 Å². The molecule has 1 atom stereocenters. The third-order valence-corrected chi connectivity index (χ3v) is 1.20. The maximum atomic E-state index is 9.77. The largest absolute Gasteiger partial charge is 0.323 e. The Morgan fingerprint density at radius 3 is 1.31 bits per heavy atom. The van der Waals surface area contributed by atoms with Crippen LogP contribution in [-0.4, -0.2) is 20.4 Å². The van der Waals surface area contributed by atoms with Crippen LogP contribution >= 0.6 is 0 Å². The molecule has 0 heterocycles. The van der Waals surface area contributed by atoms with Gasteiger partial charge in [0, 0.05) is 6.42 Å². The van der Waals surface area contributed by atoms with Crippen LogP contribution in [0.5, 0.6) is 0 Å². The molecule has 1 N–H and O–H groups in total. The summed E-state index contributed by atoms with van der Waals surface area (Å²) in [5.74, 6) is 0.581. The highest BCUT2D eigenvalue weighted by molar-refractivity contribution is 5.49. The monoisotopic (exact) mass is 235 g/mol. The molecule has 0 saturated heterocycles. The van der Waals surface area contributed by atoms with E-state index in [1.54, 1.807) is 0 Å². The van der Waals surface area contributed by atoms with Gasteiger partial charge in [0.1, 0.15) is 6.29 Å². The van der Waals surface area contributed by atoms with Gasteiger partial charge in [-0.05, 0) is 20.0 Å². The van der Waals surface area contributed by atoms with Crippen molar-refractivity contribution in [2.75, 3.05) is 14.1 Å². The second-order valence-electron chi connectivity index (χ2n) is 2.42. The summed E-state index contributed by atoms with van der Waals surface area (Å²) in [6.45, 7) is 16.2. The fraction of sp³-hybridized carbons (Fsp3) is 0.929. The molecule has 0 radical (unpaired) electrons. The van der Waals surface area contributed by atoms with Crippen molar-refractivity contribution >= 4 is 6.29 Å². The number of aldehydes is 1. The van der Waals surface area contributed by atoms with Crippen molar-refractivity contribution in [3.05, 3.63) is 0 Å². The molecule has 0 amide bonds. The van der Waals surface area contributed by atoms with Gasteiger partial charge in [-0.3, -0.25) is 0 Å². The Hall–Kier alpha value is -0.370. The maximum Gasteiger partial charge on any atom is 0.120 e. The highest BCUT2D eigenvalue weighted by atomic mass is 16.1. The smallest absolute Gasteiger partial charge is 0.120 e. The molecule has 0 aromatic heterocycles. The SMILES string of the molecule is CC.CC.CC.CCC(C)CC=O.CNC.